The SMILES string of the molecule is CCCNC(Cc1ncc[nH]1)C1CCOC1. The van der Waals surface area contributed by atoms with Crippen LogP contribution in [0.15, 0.2) is 12.4 Å². The van der Waals surface area contributed by atoms with Crippen LogP contribution in [0.2, 0.25) is 0 Å². The molecular weight excluding hydrogens is 202 g/mol. The number of aromatic amines is 1. The number of nitrogens with one attached hydrogen (secondary N) is 2. The second-order valence-corrected chi connectivity index (χ2v) is 4.42. The van der Waals surface area contributed by atoms with Crippen LogP contribution in [-0.2, 0) is 11.2 Å². The Labute approximate surface area is 96.8 Å². The highest BCUT2D eigenvalue weighted by Crippen LogP contribution is 2.19. The van der Waals surface area contributed by atoms with Crippen molar-refractivity contribution in [3.8, 4) is 0 Å². The van der Waals surface area contributed by atoms with Crippen LogP contribution in [0.1, 0.15) is 25.6 Å². The van der Waals surface area contributed by atoms with Crippen molar-refractivity contribution in [2.75, 3.05) is 19.8 Å². The molecule has 0 aromatic carbocycles. The van der Waals surface area contributed by atoms with E-state index >= 15 is 0 Å². The minimum Gasteiger partial charge on any atom is -0.381 e. The number of hydrogen-bond donors (Lipinski definition) is 2. The lowest BCUT2D eigenvalue weighted by Crippen LogP contribution is -2.39. The summed E-state index contributed by atoms with van der Waals surface area (Å²) in [7, 11) is 0. The van der Waals surface area contributed by atoms with Crippen molar-refractivity contribution in [1.29, 1.82) is 0 Å². The topological polar surface area (TPSA) is 49.9 Å². The molecule has 4 nitrogen and oxygen atoms in total. The van der Waals surface area contributed by atoms with Gasteiger partial charge in [-0.25, -0.2) is 4.98 Å². The Balaban J connectivity index is 1.90. The van der Waals surface area contributed by atoms with Crippen molar-refractivity contribution in [3.63, 3.8) is 0 Å². The van der Waals surface area contributed by atoms with Crippen LogP contribution in [0, 0.1) is 5.92 Å². The van der Waals surface area contributed by atoms with Gasteiger partial charge in [0.25, 0.3) is 0 Å². The molecule has 1 fully saturated rings. The molecule has 2 unspecified atom stereocenters. The molecule has 1 saturated heterocycles. The highest BCUT2D eigenvalue weighted by molar-refractivity contribution is 4.94. The molecule has 0 aliphatic carbocycles. The highest BCUT2D eigenvalue weighted by Gasteiger charge is 2.25. The molecule has 1 aromatic rings. The summed E-state index contributed by atoms with van der Waals surface area (Å²) in [4.78, 5) is 7.47. The minimum absolute atomic E-state index is 0.494. The van der Waals surface area contributed by atoms with Crippen molar-refractivity contribution in [2.24, 2.45) is 5.92 Å². The van der Waals surface area contributed by atoms with E-state index in [1.807, 2.05) is 12.4 Å². The van der Waals surface area contributed by atoms with Gasteiger partial charge in [-0.3, -0.25) is 0 Å². The van der Waals surface area contributed by atoms with Gasteiger partial charge < -0.3 is 15.0 Å². The van der Waals surface area contributed by atoms with E-state index in [9.17, 15) is 0 Å². The van der Waals surface area contributed by atoms with Gasteiger partial charge in [-0.1, -0.05) is 6.92 Å². The Morgan fingerprint density at radius 3 is 3.25 bits per heavy atom. The van der Waals surface area contributed by atoms with E-state index in [0.717, 1.165) is 32.0 Å². The average Bonchev–Trinajstić information content (AvgIpc) is 2.96. The number of ether oxygens (including phenoxy) is 1. The molecular formula is C12H21N3O. The van der Waals surface area contributed by atoms with E-state index in [-0.39, 0.29) is 0 Å². The van der Waals surface area contributed by atoms with Crippen molar-refractivity contribution >= 4 is 0 Å². The first-order chi connectivity index (χ1) is 7.90. The first-order valence-corrected chi connectivity index (χ1v) is 6.19. The monoisotopic (exact) mass is 223 g/mol. The first kappa shape index (κ1) is 11.6. The van der Waals surface area contributed by atoms with Crippen molar-refractivity contribution in [3.05, 3.63) is 18.2 Å². The van der Waals surface area contributed by atoms with Gasteiger partial charge >= 0.3 is 0 Å². The third kappa shape index (κ3) is 3.06. The van der Waals surface area contributed by atoms with E-state index in [4.69, 9.17) is 4.74 Å². The van der Waals surface area contributed by atoms with E-state index in [2.05, 4.69) is 22.2 Å². The van der Waals surface area contributed by atoms with Crippen LogP contribution in [0.3, 0.4) is 0 Å². The maximum Gasteiger partial charge on any atom is 0.107 e. The van der Waals surface area contributed by atoms with Gasteiger partial charge in [0.1, 0.15) is 5.82 Å². The van der Waals surface area contributed by atoms with Crippen molar-refractivity contribution < 1.29 is 4.74 Å². The number of imidazole rings is 1. The van der Waals surface area contributed by atoms with E-state index in [0.29, 0.717) is 12.0 Å². The number of nitrogens with zero attached hydrogens (tertiary/aromatic N) is 1. The van der Waals surface area contributed by atoms with E-state index in [1.54, 1.807) is 0 Å². The molecule has 16 heavy (non-hydrogen) atoms. The van der Waals surface area contributed by atoms with Gasteiger partial charge in [-0.15, -0.1) is 0 Å². The van der Waals surface area contributed by atoms with Gasteiger partial charge in [-0.05, 0) is 19.4 Å². The van der Waals surface area contributed by atoms with E-state index in [1.165, 1.54) is 12.8 Å². The number of aromatic nitrogens is 2. The van der Waals surface area contributed by atoms with Crippen molar-refractivity contribution in [2.45, 2.75) is 32.2 Å². The van der Waals surface area contributed by atoms with Gasteiger partial charge in [0.05, 0.1) is 6.61 Å². The zero-order valence-corrected chi connectivity index (χ0v) is 9.91. The molecule has 1 aliphatic rings. The largest absolute Gasteiger partial charge is 0.381 e. The summed E-state index contributed by atoms with van der Waals surface area (Å²) < 4.78 is 5.47. The van der Waals surface area contributed by atoms with Gasteiger partial charge in [-0.2, -0.15) is 0 Å². The normalized spacial score (nSPS) is 22.4. The molecule has 0 saturated carbocycles. The molecule has 0 radical (unpaired) electrons. The smallest absolute Gasteiger partial charge is 0.107 e. The Bertz CT molecular complexity index is 280. The highest BCUT2D eigenvalue weighted by atomic mass is 16.5. The lowest BCUT2D eigenvalue weighted by atomic mass is 9.96. The summed E-state index contributed by atoms with van der Waals surface area (Å²) in [6.45, 7) is 5.07. The Kier molecular flexibility index (Phi) is 4.36. The predicted molar refractivity (Wildman–Crippen MR) is 63.3 cm³/mol. The quantitative estimate of drug-likeness (QED) is 0.765. The van der Waals surface area contributed by atoms with Crippen LogP contribution >= 0.6 is 0 Å². The third-order valence-electron chi connectivity index (χ3n) is 3.16. The number of H-pyrrole nitrogens is 1. The minimum atomic E-state index is 0.494. The molecule has 90 valence electrons. The second-order valence-electron chi connectivity index (χ2n) is 4.42. The fourth-order valence-electron chi connectivity index (χ4n) is 2.22. The molecule has 2 heterocycles. The van der Waals surface area contributed by atoms with Crippen LogP contribution in [0.4, 0.5) is 0 Å². The summed E-state index contributed by atoms with van der Waals surface area (Å²) in [6, 6.07) is 0.494. The Morgan fingerprint density at radius 2 is 2.62 bits per heavy atom. The first-order valence-electron chi connectivity index (χ1n) is 6.19. The Hall–Kier alpha value is -0.870. The average molecular weight is 223 g/mol. The molecule has 0 bridgehead atoms. The van der Waals surface area contributed by atoms with Gasteiger partial charge in [0, 0.05) is 37.4 Å². The molecule has 0 spiro atoms. The lowest BCUT2D eigenvalue weighted by Gasteiger charge is -2.22. The second kappa shape index (κ2) is 6.01. The fraction of sp³-hybridized carbons (Fsp3) is 0.750. The van der Waals surface area contributed by atoms with Gasteiger partial charge in [0.2, 0.25) is 0 Å². The molecule has 2 N–H and O–H groups in total. The molecule has 1 aliphatic heterocycles. The van der Waals surface area contributed by atoms with E-state index < -0.39 is 0 Å². The maximum atomic E-state index is 5.47. The molecule has 4 heteroatoms. The summed E-state index contributed by atoms with van der Waals surface area (Å²) in [5, 5.41) is 3.61. The lowest BCUT2D eigenvalue weighted by molar-refractivity contribution is 0.176. The van der Waals surface area contributed by atoms with Crippen molar-refractivity contribution in [1.82, 2.24) is 15.3 Å². The maximum absolute atomic E-state index is 5.47. The van der Waals surface area contributed by atoms with Crippen LogP contribution < -0.4 is 5.32 Å². The van der Waals surface area contributed by atoms with Crippen LogP contribution in [0.25, 0.3) is 0 Å². The molecule has 1 aromatic heterocycles. The summed E-state index contributed by atoms with van der Waals surface area (Å²) >= 11 is 0. The zero-order valence-electron chi connectivity index (χ0n) is 9.91. The Morgan fingerprint density at radius 1 is 1.69 bits per heavy atom. The summed E-state index contributed by atoms with van der Waals surface area (Å²) in [6.07, 6.45) is 7.01. The molecule has 2 atom stereocenters. The predicted octanol–water partition coefficient (Wildman–Crippen LogP) is 1.36. The standard InChI is InChI=1S/C12H21N3O/c1-2-4-13-11(10-3-7-16-9-10)8-12-14-5-6-15-12/h5-6,10-11,13H,2-4,7-9H2,1H3,(H,14,15). The third-order valence-corrected chi connectivity index (χ3v) is 3.16. The fourth-order valence-corrected chi connectivity index (χ4v) is 2.22. The zero-order chi connectivity index (χ0) is 11.2. The summed E-state index contributed by atoms with van der Waals surface area (Å²) in [5.41, 5.74) is 0. The van der Waals surface area contributed by atoms with Gasteiger partial charge in [0.15, 0.2) is 0 Å². The molecule has 0 amide bonds. The number of rotatable bonds is 6. The molecule has 2 rings (SSSR count). The van der Waals surface area contributed by atoms with Crippen LogP contribution in [-0.4, -0.2) is 35.8 Å². The van der Waals surface area contributed by atoms with Crippen LogP contribution in [0.5, 0.6) is 0 Å². The number of hydrogen-bond acceptors (Lipinski definition) is 3. The summed E-state index contributed by atoms with van der Waals surface area (Å²) in [5.74, 6) is 1.71.